The molecule has 1 N–H and O–H groups in total. The molecule has 0 bridgehead atoms. The van der Waals surface area contributed by atoms with Crippen LogP contribution in [0.25, 0.3) is 5.69 Å². The SMILES string of the molecule is O=C(NCCS)c1ccn(-c2cccc(F)c2)n1. The summed E-state index contributed by atoms with van der Waals surface area (Å²) >= 11 is 4.00. The number of rotatable bonds is 4. The van der Waals surface area contributed by atoms with Crippen molar-refractivity contribution in [3.63, 3.8) is 0 Å². The van der Waals surface area contributed by atoms with Crippen molar-refractivity contribution < 1.29 is 9.18 Å². The second-order valence-corrected chi connectivity index (χ2v) is 4.05. The van der Waals surface area contributed by atoms with E-state index in [2.05, 4.69) is 23.0 Å². The van der Waals surface area contributed by atoms with Gasteiger partial charge < -0.3 is 5.32 Å². The fraction of sp³-hybridized carbons (Fsp3) is 0.167. The van der Waals surface area contributed by atoms with Crippen molar-refractivity contribution in [1.82, 2.24) is 15.1 Å². The maximum Gasteiger partial charge on any atom is 0.271 e. The maximum absolute atomic E-state index is 13.1. The third kappa shape index (κ3) is 2.89. The maximum atomic E-state index is 13.1. The highest BCUT2D eigenvalue weighted by Crippen LogP contribution is 2.09. The molecule has 1 heterocycles. The fourth-order valence-electron chi connectivity index (χ4n) is 1.47. The van der Waals surface area contributed by atoms with E-state index in [1.807, 2.05) is 0 Å². The average Bonchev–Trinajstić information content (AvgIpc) is 2.85. The summed E-state index contributed by atoms with van der Waals surface area (Å²) in [6.07, 6.45) is 1.62. The van der Waals surface area contributed by atoms with Crippen LogP contribution in [0, 0.1) is 5.82 Å². The number of nitrogens with zero attached hydrogens (tertiary/aromatic N) is 2. The first-order valence-corrected chi connectivity index (χ1v) is 6.04. The molecule has 94 valence electrons. The third-order valence-electron chi connectivity index (χ3n) is 2.29. The standard InChI is InChI=1S/C12H12FN3OS/c13-9-2-1-3-10(8-9)16-6-4-11(15-16)12(17)14-5-7-18/h1-4,6,8,18H,5,7H2,(H,14,17). The van der Waals surface area contributed by atoms with E-state index in [0.29, 0.717) is 23.7 Å². The minimum absolute atomic E-state index is 0.265. The van der Waals surface area contributed by atoms with Crippen molar-refractivity contribution in [2.45, 2.75) is 0 Å². The third-order valence-corrected chi connectivity index (χ3v) is 2.52. The van der Waals surface area contributed by atoms with Crippen LogP contribution in [0.4, 0.5) is 4.39 Å². The van der Waals surface area contributed by atoms with Gasteiger partial charge in [0.15, 0.2) is 5.69 Å². The highest BCUT2D eigenvalue weighted by atomic mass is 32.1. The summed E-state index contributed by atoms with van der Waals surface area (Å²) in [5.41, 5.74) is 0.865. The Labute approximate surface area is 109 Å². The Morgan fingerprint density at radius 3 is 3.00 bits per heavy atom. The zero-order valence-corrected chi connectivity index (χ0v) is 10.4. The molecule has 0 aliphatic heterocycles. The van der Waals surface area contributed by atoms with E-state index in [9.17, 15) is 9.18 Å². The van der Waals surface area contributed by atoms with Gasteiger partial charge in [-0.15, -0.1) is 0 Å². The summed E-state index contributed by atoms with van der Waals surface area (Å²) < 4.78 is 14.5. The van der Waals surface area contributed by atoms with E-state index in [1.165, 1.54) is 16.8 Å². The first kappa shape index (κ1) is 12.6. The molecule has 6 heteroatoms. The number of benzene rings is 1. The largest absolute Gasteiger partial charge is 0.350 e. The van der Waals surface area contributed by atoms with Gasteiger partial charge in [-0.2, -0.15) is 17.7 Å². The highest BCUT2D eigenvalue weighted by molar-refractivity contribution is 7.80. The lowest BCUT2D eigenvalue weighted by Crippen LogP contribution is -2.25. The van der Waals surface area contributed by atoms with E-state index in [-0.39, 0.29) is 11.7 Å². The van der Waals surface area contributed by atoms with Crippen LogP contribution in [-0.4, -0.2) is 28.0 Å². The fourth-order valence-corrected chi connectivity index (χ4v) is 1.58. The van der Waals surface area contributed by atoms with E-state index in [1.54, 1.807) is 24.4 Å². The molecule has 0 aliphatic carbocycles. The molecular weight excluding hydrogens is 253 g/mol. The zero-order valence-electron chi connectivity index (χ0n) is 9.51. The second kappa shape index (κ2) is 5.68. The number of amides is 1. The molecule has 1 aromatic carbocycles. The van der Waals surface area contributed by atoms with E-state index < -0.39 is 0 Å². The van der Waals surface area contributed by atoms with Crippen LogP contribution in [0.15, 0.2) is 36.5 Å². The lowest BCUT2D eigenvalue weighted by molar-refractivity contribution is 0.0951. The van der Waals surface area contributed by atoms with Crippen molar-refractivity contribution in [1.29, 1.82) is 0 Å². The summed E-state index contributed by atoms with van der Waals surface area (Å²) in [4.78, 5) is 11.6. The smallest absolute Gasteiger partial charge is 0.271 e. The van der Waals surface area contributed by atoms with Crippen LogP contribution in [0.2, 0.25) is 0 Å². The second-order valence-electron chi connectivity index (χ2n) is 3.60. The lowest BCUT2D eigenvalue weighted by atomic mass is 10.3. The van der Waals surface area contributed by atoms with Crippen molar-refractivity contribution >= 4 is 18.5 Å². The molecule has 0 radical (unpaired) electrons. The number of carbonyl (C=O) groups excluding carboxylic acids is 1. The molecule has 0 unspecified atom stereocenters. The van der Waals surface area contributed by atoms with Gasteiger partial charge in [0.1, 0.15) is 5.82 Å². The molecule has 0 saturated heterocycles. The molecule has 0 saturated carbocycles. The monoisotopic (exact) mass is 265 g/mol. The van der Waals surface area contributed by atoms with Gasteiger partial charge in [-0.1, -0.05) is 6.07 Å². The molecule has 0 spiro atoms. The van der Waals surface area contributed by atoms with Crippen molar-refractivity contribution in [2.24, 2.45) is 0 Å². The van der Waals surface area contributed by atoms with Gasteiger partial charge in [-0.05, 0) is 24.3 Å². The summed E-state index contributed by atoms with van der Waals surface area (Å²) in [6, 6.07) is 7.59. The Balaban J connectivity index is 2.17. The highest BCUT2D eigenvalue weighted by Gasteiger charge is 2.09. The van der Waals surface area contributed by atoms with Gasteiger partial charge in [0.05, 0.1) is 5.69 Å². The average molecular weight is 265 g/mol. The molecule has 0 aliphatic rings. The molecule has 2 rings (SSSR count). The molecular formula is C12H12FN3OS. The molecule has 4 nitrogen and oxygen atoms in total. The van der Waals surface area contributed by atoms with Crippen LogP contribution < -0.4 is 5.32 Å². The number of carbonyl (C=O) groups is 1. The topological polar surface area (TPSA) is 46.9 Å². The quantitative estimate of drug-likeness (QED) is 0.826. The number of aromatic nitrogens is 2. The summed E-state index contributed by atoms with van der Waals surface area (Å²) in [7, 11) is 0. The first-order chi connectivity index (χ1) is 8.70. The van der Waals surface area contributed by atoms with Crippen LogP contribution >= 0.6 is 12.6 Å². The number of thiol groups is 1. The molecule has 2 aromatic rings. The molecule has 1 amide bonds. The van der Waals surface area contributed by atoms with Crippen LogP contribution in [-0.2, 0) is 0 Å². The Morgan fingerprint density at radius 1 is 1.44 bits per heavy atom. The minimum Gasteiger partial charge on any atom is -0.350 e. The Bertz CT molecular complexity index is 556. The molecule has 0 fully saturated rings. The van der Waals surface area contributed by atoms with E-state index >= 15 is 0 Å². The van der Waals surface area contributed by atoms with Crippen molar-refractivity contribution in [3.05, 3.63) is 48.0 Å². The van der Waals surface area contributed by atoms with Gasteiger partial charge in [-0.25, -0.2) is 9.07 Å². The van der Waals surface area contributed by atoms with Crippen molar-refractivity contribution in [3.8, 4) is 5.69 Å². The Morgan fingerprint density at radius 2 is 2.28 bits per heavy atom. The predicted molar refractivity (Wildman–Crippen MR) is 69.7 cm³/mol. The van der Waals surface area contributed by atoms with Crippen LogP contribution in [0.1, 0.15) is 10.5 Å². The summed E-state index contributed by atoms with van der Waals surface area (Å²) in [6.45, 7) is 0.481. The Hall–Kier alpha value is -1.82. The van der Waals surface area contributed by atoms with E-state index in [0.717, 1.165) is 0 Å². The predicted octanol–water partition coefficient (Wildman–Crippen LogP) is 1.67. The van der Waals surface area contributed by atoms with Crippen LogP contribution in [0.5, 0.6) is 0 Å². The molecule has 0 atom stereocenters. The normalized spacial score (nSPS) is 10.3. The van der Waals surface area contributed by atoms with Gasteiger partial charge in [0.25, 0.3) is 5.91 Å². The molecule has 18 heavy (non-hydrogen) atoms. The first-order valence-electron chi connectivity index (χ1n) is 5.41. The lowest BCUT2D eigenvalue weighted by Gasteiger charge is -2.01. The van der Waals surface area contributed by atoms with Gasteiger partial charge in [0, 0.05) is 18.5 Å². The minimum atomic E-state index is -0.343. The van der Waals surface area contributed by atoms with E-state index in [4.69, 9.17) is 0 Å². The molecule has 1 aromatic heterocycles. The van der Waals surface area contributed by atoms with Gasteiger partial charge >= 0.3 is 0 Å². The zero-order chi connectivity index (χ0) is 13.0. The summed E-state index contributed by atoms with van der Waals surface area (Å²) in [5, 5.41) is 6.75. The van der Waals surface area contributed by atoms with Gasteiger partial charge in [-0.3, -0.25) is 4.79 Å². The summed E-state index contributed by atoms with van der Waals surface area (Å²) in [5.74, 6) is -0.0423. The van der Waals surface area contributed by atoms with Gasteiger partial charge in [0.2, 0.25) is 0 Å². The number of nitrogens with one attached hydrogen (secondary N) is 1. The van der Waals surface area contributed by atoms with Crippen LogP contribution in [0.3, 0.4) is 0 Å². The van der Waals surface area contributed by atoms with Crippen molar-refractivity contribution in [2.75, 3.05) is 12.3 Å². The number of hydrogen-bond acceptors (Lipinski definition) is 3. The number of hydrogen-bond donors (Lipinski definition) is 2. The number of halogens is 1. The Kier molecular flexibility index (Phi) is 3.99.